The van der Waals surface area contributed by atoms with E-state index >= 15 is 0 Å². The third kappa shape index (κ3) is 15.8. The second-order valence-electron chi connectivity index (χ2n) is 17.8. The van der Waals surface area contributed by atoms with E-state index in [1.165, 1.54) is 11.2 Å². The topological polar surface area (TPSA) is 272 Å². The Kier molecular flexibility index (Phi) is 20.7. The van der Waals surface area contributed by atoms with Crippen molar-refractivity contribution in [3.63, 3.8) is 0 Å². The van der Waals surface area contributed by atoms with E-state index in [9.17, 15) is 48.3 Å². The number of aliphatic carboxylic acids is 1. The Balaban J connectivity index is 1.09. The maximum Gasteiger partial charge on any atom is 0.339 e. The van der Waals surface area contributed by atoms with E-state index in [4.69, 9.17) is 9.15 Å². The van der Waals surface area contributed by atoms with Crippen molar-refractivity contribution >= 4 is 65.1 Å². The molecular formula is C48H67N7O12S. The number of carbonyl (C=O) groups is 9. The van der Waals surface area contributed by atoms with Crippen LogP contribution in [0.25, 0.3) is 0 Å². The number of hydrogen-bond acceptors (Lipinski definition) is 12. The van der Waals surface area contributed by atoms with Gasteiger partial charge in [-0.2, -0.15) is 11.8 Å². The molecule has 7 N–H and O–H groups in total. The van der Waals surface area contributed by atoms with Gasteiger partial charge in [0, 0.05) is 43.4 Å². The van der Waals surface area contributed by atoms with E-state index in [1.54, 1.807) is 44.2 Å². The van der Waals surface area contributed by atoms with E-state index in [0.29, 0.717) is 73.6 Å². The zero-order valence-electron chi connectivity index (χ0n) is 39.2. The van der Waals surface area contributed by atoms with E-state index in [2.05, 4.69) is 31.9 Å². The van der Waals surface area contributed by atoms with Crippen LogP contribution in [0.15, 0.2) is 41.0 Å². The maximum atomic E-state index is 14.4. The van der Waals surface area contributed by atoms with Gasteiger partial charge in [0.15, 0.2) is 12.4 Å². The van der Waals surface area contributed by atoms with E-state index in [0.717, 1.165) is 25.0 Å². The fourth-order valence-electron chi connectivity index (χ4n) is 8.91. The lowest BCUT2D eigenvalue weighted by Gasteiger charge is -2.37. The van der Waals surface area contributed by atoms with Gasteiger partial charge >= 0.3 is 18.0 Å². The number of thioether (sulfide) groups is 1. The molecule has 3 saturated heterocycles. The Morgan fingerprint density at radius 1 is 0.882 bits per heavy atom. The molecule has 2 aromatic rings. The van der Waals surface area contributed by atoms with Crippen molar-refractivity contribution in [1.29, 1.82) is 0 Å². The first kappa shape index (κ1) is 53.0. The molecule has 7 atom stereocenters. The number of aryl methyl sites for hydroxylation is 2. The van der Waals surface area contributed by atoms with E-state index in [1.807, 2.05) is 18.7 Å². The molecule has 0 bridgehead atoms. The number of urea groups is 1. The van der Waals surface area contributed by atoms with Gasteiger partial charge in [-0.1, -0.05) is 44.4 Å². The van der Waals surface area contributed by atoms with Crippen molar-refractivity contribution < 1.29 is 57.4 Å². The third-order valence-corrected chi connectivity index (χ3v) is 14.0. The normalized spacial score (nSPS) is 19.9. The van der Waals surface area contributed by atoms with Crippen molar-refractivity contribution in [3.05, 3.63) is 59.0 Å². The Hall–Kier alpha value is -5.92. The first-order valence-electron chi connectivity index (χ1n) is 23.8. The van der Waals surface area contributed by atoms with Crippen LogP contribution in [-0.4, -0.2) is 130 Å². The minimum Gasteiger partial charge on any atom is -0.481 e. The number of fused-ring (bicyclic) bond motifs is 1. The molecule has 0 saturated carbocycles. The van der Waals surface area contributed by atoms with Gasteiger partial charge in [-0.3, -0.25) is 33.6 Å². The fraction of sp³-hybridized carbons (Fsp3) is 0.604. The van der Waals surface area contributed by atoms with Gasteiger partial charge < -0.3 is 51.1 Å². The molecule has 4 heterocycles. The molecular weight excluding hydrogens is 899 g/mol. The highest BCUT2D eigenvalue weighted by Crippen LogP contribution is 2.33. The largest absolute Gasteiger partial charge is 0.481 e. The van der Waals surface area contributed by atoms with Gasteiger partial charge in [-0.25, -0.2) is 9.59 Å². The van der Waals surface area contributed by atoms with Gasteiger partial charge in [-0.05, 0) is 88.5 Å². The number of nitrogens with one attached hydrogen (secondary N) is 6. The summed E-state index contributed by atoms with van der Waals surface area (Å²) in [5.41, 5.74) is 1.54. The number of carboxylic acid groups (broad SMARTS) is 1. The van der Waals surface area contributed by atoms with Crippen LogP contribution in [0.1, 0.15) is 124 Å². The van der Waals surface area contributed by atoms with Crippen LogP contribution >= 0.6 is 11.8 Å². The van der Waals surface area contributed by atoms with Crippen molar-refractivity contribution in [1.82, 2.24) is 36.8 Å². The number of piperidine rings is 1. The molecule has 0 spiro atoms. The SMILES string of the molecule is CCCC(NC(=O)CCCCCNC(=O)CCCCC1SCC2NC(=O)NC21)C(=O)N[C@@H](Cc1ccco1)C(=O)N1CCCC[C@@H]1C(=O)N[C@@H](CC(=O)O)C(=O)COC(=O)c1c(C)cccc1C. The minimum absolute atomic E-state index is 0.0197. The van der Waals surface area contributed by atoms with Gasteiger partial charge in [-0.15, -0.1) is 0 Å². The summed E-state index contributed by atoms with van der Waals surface area (Å²) >= 11 is 1.86. The number of esters is 1. The number of nitrogens with zero attached hydrogens (tertiary/aromatic N) is 1. The summed E-state index contributed by atoms with van der Waals surface area (Å²) in [4.78, 5) is 119. The Bertz CT molecular complexity index is 2080. The number of carboxylic acids is 1. The Labute approximate surface area is 401 Å². The number of unbranched alkanes of at least 4 members (excludes halogenated alkanes) is 3. The number of furan rings is 1. The smallest absolute Gasteiger partial charge is 0.339 e. The predicted octanol–water partition coefficient (Wildman–Crippen LogP) is 3.38. The molecule has 0 aliphatic carbocycles. The van der Waals surface area contributed by atoms with Gasteiger partial charge in [0.25, 0.3) is 0 Å². The van der Waals surface area contributed by atoms with E-state index < -0.39 is 72.6 Å². The average Bonchev–Trinajstić information content (AvgIpc) is 4.05. The maximum absolute atomic E-state index is 14.4. The summed E-state index contributed by atoms with van der Waals surface area (Å²) in [7, 11) is 0. The van der Waals surface area contributed by atoms with Crippen molar-refractivity contribution in [2.24, 2.45) is 0 Å². The molecule has 372 valence electrons. The Morgan fingerprint density at radius 3 is 2.35 bits per heavy atom. The second kappa shape index (κ2) is 26.6. The van der Waals surface area contributed by atoms with Crippen LogP contribution in [0.5, 0.6) is 0 Å². The summed E-state index contributed by atoms with van der Waals surface area (Å²) in [5, 5.41) is 27.0. The van der Waals surface area contributed by atoms with Crippen LogP contribution in [0.3, 0.4) is 0 Å². The summed E-state index contributed by atoms with van der Waals surface area (Å²) in [6, 6.07) is 3.82. The number of ketones is 1. The van der Waals surface area contributed by atoms with Gasteiger partial charge in [0.1, 0.15) is 29.9 Å². The molecule has 7 amide bonds. The second-order valence-corrected chi connectivity index (χ2v) is 19.1. The summed E-state index contributed by atoms with van der Waals surface area (Å²) in [6.45, 7) is 5.11. The average molecular weight is 966 g/mol. The number of hydrogen-bond donors (Lipinski definition) is 7. The third-order valence-electron chi connectivity index (χ3n) is 12.5. The first-order valence-corrected chi connectivity index (χ1v) is 24.9. The molecule has 19 nitrogen and oxygen atoms in total. The molecule has 3 aliphatic heterocycles. The zero-order chi connectivity index (χ0) is 49.2. The lowest BCUT2D eigenvalue weighted by Crippen LogP contribution is -2.60. The van der Waals surface area contributed by atoms with E-state index in [-0.39, 0.29) is 67.7 Å². The molecule has 0 radical (unpaired) electrons. The van der Waals surface area contributed by atoms with Crippen LogP contribution in [0.4, 0.5) is 4.79 Å². The minimum atomic E-state index is -1.57. The highest BCUT2D eigenvalue weighted by molar-refractivity contribution is 8.00. The lowest BCUT2D eigenvalue weighted by atomic mass is 9.98. The van der Waals surface area contributed by atoms with Crippen LogP contribution in [0, 0.1) is 13.8 Å². The summed E-state index contributed by atoms with van der Waals surface area (Å²) in [5.74, 6) is -4.05. The highest BCUT2D eigenvalue weighted by Gasteiger charge is 2.43. The number of likely N-dealkylation sites (tertiary alicyclic amines) is 1. The molecule has 1 aromatic carbocycles. The number of carbonyl (C=O) groups excluding carboxylic acids is 8. The highest BCUT2D eigenvalue weighted by atomic mass is 32.2. The van der Waals surface area contributed by atoms with Gasteiger partial charge in [0.2, 0.25) is 29.5 Å². The van der Waals surface area contributed by atoms with Crippen molar-refractivity contribution in [3.8, 4) is 0 Å². The number of Topliss-reactive ketones (excluding diaryl/α,β-unsaturated/α-hetero) is 1. The summed E-state index contributed by atoms with van der Waals surface area (Å²) in [6.07, 6.45) is 7.72. The molecule has 5 rings (SSSR count). The fourth-order valence-corrected chi connectivity index (χ4v) is 10.4. The van der Waals surface area contributed by atoms with Crippen LogP contribution in [0.2, 0.25) is 0 Å². The number of benzene rings is 1. The quantitative estimate of drug-likeness (QED) is 0.0385. The first-order chi connectivity index (χ1) is 32.6. The summed E-state index contributed by atoms with van der Waals surface area (Å²) < 4.78 is 10.8. The molecule has 68 heavy (non-hydrogen) atoms. The Morgan fingerprint density at radius 2 is 1.63 bits per heavy atom. The molecule has 20 heteroatoms. The monoisotopic (exact) mass is 965 g/mol. The van der Waals surface area contributed by atoms with Gasteiger partial charge in [0.05, 0.1) is 30.3 Å². The number of ether oxygens (including phenoxy) is 1. The van der Waals surface area contributed by atoms with Crippen molar-refractivity contribution in [2.45, 2.75) is 159 Å². The zero-order valence-corrected chi connectivity index (χ0v) is 40.1. The number of amides is 7. The molecule has 3 aliphatic rings. The molecule has 4 unspecified atom stereocenters. The molecule has 3 fully saturated rings. The molecule has 1 aromatic heterocycles. The van der Waals surface area contributed by atoms with Crippen LogP contribution in [-0.2, 0) is 44.7 Å². The van der Waals surface area contributed by atoms with Crippen LogP contribution < -0.4 is 31.9 Å². The standard InChI is InChI=1S/C48H67N7O12S/c1-4-14-32(50-40(58)21-6-5-10-22-49-39(57)20-8-7-19-38-43-35(28-68-38)53-48(65)54-43)44(61)52-34(25-31-17-13-24-66-31)46(63)55-23-11-9-18-36(55)45(62)51-33(26-41(59)60)37(56)27-67-47(64)42-29(2)15-12-16-30(42)3/h12-13,15-17,24,32-36,38,43H,4-11,14,18-23,25-28H2,1-3H3,(H,49,57)(H,50,58)(H,51,62)(H,52,61)(H,59,60)(H2,53,54,65)/t32?,33-,34-,35?,36+,38?,43?/m0/s1. The lowest BCUT2D eigenvalue weighted by molar-refractivity contribution is -0.147. The van der Waals surface area contributed by atoms with Crippen molar-refractivity contribution in [2.75, 3.05) is 25.4 Å². The number of rotatable bonds is 27. The predicted molar refractivity (Wildman–Crippen MR) is 251 cm³/mol.